The summed E-state index contributed by atoms with van der Waals surface area (Å²) < 4.78 is 26.4. The first kappa shape index (κ1) is 27.2. The van der Waals surface area contributed by atoms with Gasteiger partial charge in [-0.05, 0) is 12.1 Å². The lowest BCUT2D eigenvalue weighted by Gasteiger charge is -2.44. The highest BCUT2D eigenvalue weighted by atomic mass is 16.7. The van der Waals surface area contributed by atoms with Crippen LogP contribution in [0.4, 0.5) is 5.69 Å². The van der Waals surface area contributed by atoms with Crippen molar-refractivity contribution in [3.8, 4) is 0 Å². The van der Waals surface area contributed by atoms with Crippen LogP contribution in [-0.2, 0) is 42.9 Å². The van der Waals surface area contributed by atoms with Crippen LogP contribution < -0.4 is 5.32 Å². The number of hydrogen-bond donors (Lipinski definition) is 1. The van der Waals surface area contributed by atoms with Gasteiger partial charge in [0.15, 0.2) is 12.2 Å². The molecule has 0 bridgehead atoms. The van der Waals surface area contributed by atoms with E-state index in [0.29, 0.717) is 0 Å². The van der Waals surface area contributed by atoms with Crippen LogP contribution in [0.1, 0.15) is 38.1 Å². The molecular formula is C21H24N2O12. The monoisotopic (exact) mass is 496 g/mol. The summed E-state index contributed by atoms with van der Waals surface area (Å²) in [6.45, 7) is 3.89. The van der Waals surface area contributed by atoms with E-state index in [9.17, 15) is 34.1 Å². The normalized spacial score (nSPS) is 23.4. The van der Waals surface area contributed by atoms with Gasteiger partial charge in [0, 0.05) is 45.4 Å². The summed E-state index contributed by atoms with van der Waals surface area (Å²) in [5.41, 5.74) is -0.258. The Bertz CT molecular complexity index is 993. The van der Waals surface area contributed by atoms with Crippen LogP contribution in [-0.4, -0.2) is 72.0 Å². The van der Waals surface area contributed by atoms with Gasteiger partial charge < -0.3 is 29.0 Å². The molecule has 0 aromatic heterocycles. The van der Waals surface area contributed by atoms with Crippen molar-refractivity contribution in [3.05, 3.63) is 39.9 Å². The van der Waals surface area contributed by atoms with E-state index in [2.05, 4.69) is 5.32 Å². The summed E-state index contributed by atoms with van der Waals surface area (Å²) in [6, 6.07) is 3.20. The van der Waals surface area contributed by atoms with Crippen LogP contribution >= 0.6 is 0 Å². The first-order valence-corrected chi connectivity index (χ1v) is 10.2. The molecule has 1 unspecified atom stereocenters. The Kier molecular flexibility index (Phi) is 9.22. The molecule has 0 spiro atoms. The highest BCUT2D eigenvalue weighted by Crippen LogP contribution is 2.28. The molecule has 5 atom stereocenters. The van der Waals surface area contributed by atoms with Crippen LogP contribution in [0.3, 0.4) is 0 Å². The average molecular weight is 496 g/mol. The predicted octanol–water partition coefficient (Wildman–Crippen LogP) is 0.408. The molecule has 1 saturated heterocycles. The van der Waals surface area contributed by atoms with Gasteiger partial charge >= 0.3 is 23.9 Å². The highest BCUT2D eigenvalue weighted by molar-refractivity contribution is 5.94. The second-order valence-electron chi connectivity index (χ2n) is 7.41. The van der Waals surface area contributed by atoms with Crippen molar-refractivity contribution in [2.75, 3.05) is 6.61 Å². The average Bonchev–Trinajstić information content (AvgIpc) is 2.75. The van der Waals surface area contributed by atoms with Gasteiger partial charge in [-0.25, -0.2) is 0 Å². The number of carbonyl (C=O) groups is 5. The third kappa shape index (κ3) is 7.74. The first-order valence-electron chi connectivity index (χ1n) is 10.2. The van der Waals surface area contributed by atoms with E-state index in [1.165, 1.54) is 12.1 Å². The first-order chi connectivity index (χ1) is 16.4. The number of ether oxygens (including phenoxy) is 5. The number of benzene rings is 1. The smallest absolute Gasteiger partial charge is 0.305 e. The highest BCUT2D eigenvalue weighted by Gasteiger charge is 2.52. The largest absolute Gasteiger partial charge is 0.463 e. The minimum absolute atomic E-state index is 0.00942. The topological polar surface area (TPSA) is 187 Å². The van der Waals surface area contributed by atoms with Crippen molar-refractivity contribution in [3.63, 3.8) is 0 Å². The number of amides is 1. The summed E-state index contributed by atoms with van der Waals surface area (Å²) in [4.78, 5) is 69.8. The molecule has 2 rings (SSSR count). The molecule has 0 aliphatic carbocycles. The van der Waals surface area contributed by atoms with E-state index < -0.39 is 72.0 Å². The maximum atomic E-state index is 12.9. The molecule has 1 aliphatic rings. The Balaban J connectivity index is 2.44. The zero-order chi connectivity index (χ0) is 26.3. The van der Waals surface area contributed by atoms with E-state index in [0.717, 1.165) is 39.8 Å². The third-order valence-corrected chi connectivity index (χ3v) is 4.62. The Hall–Kier alpha value is -4.07. The molecular weight excluding hydrogens is 472 g/mol. The fraction of sp³-hybridized carbons (Fsp3) is 0.476. The van der Waals surface area contributed by atoms with Crippen molar-refractivity contribution in [2.45, 2.75) is 58.3 Å². The molecule has 190 valence electrons. The maximum Gasteiger partial charge on any atom is 0.305 e. The van der Waals surface area contributed by atoms with Gasteiger partial charge in [-0.1, -0.05) is 0 Å². The van der Waals surface area contributed by atoms with E-state index in [-0.39, 0.29) is 11.3 Å². The van der Waals surface area contributed by atoms with Gasteiger partial charge in [-0.3, -0.25) is 34.1 Å². The number of hydrogen-bond acceptors (Lipinski definition) is 12. The number of nitrogens with zero attached hydrogens (tertiary/aromatic N) is 1. The molecule has 0 saturated carbocycles. The van der Waals surface area contributed by atoms with Crippen molar-refractivity contribution in [2.24, 2.45) is 0 Å². The summed E-state index contributed by atoms with van der Waals surface area (Å²) in [5.74, 6) is -3.91. The van der Waals surface area contributed by atoms with Gasteiger partial charge in [-0.2, -0.15) is 0 Å². The minimum atomic E-state index is -1.55. The fourth-order valence-corrected chi connectivity index (χ4v) is 3.29. The lowest BCUT2D eigenvalue weighted by molar-refractivity contribution is -0.384. The van der Waals surface area contributed by atoms with Crippen LogP contribution in [0.5, 0.6) is 0 Å². The van der Waals surface area contributed by atoms with Crippen LogP contribution in [0.25, 0.3) is 0 Å². The molecule has 0 radical (unpaired) electrons. The van der Waals surface area contributed by atoms with Gasteiger partial charge in [0.25, 0.3) is 11.6 Å². The quantitative estimate of drug-likeness (QED) is 0.226. The van der Waals surface area contributed by atoms with Crippen molar-refractivity contribution in [1.29, 1.82) is 0 Å². The lowest BCUT2D eigenvalue weighted by atomic mass is 9.95. The number of non-ortho nitro benzene ring substituents is 1. The Morgan fingerprint density at radius 2 is 1.43 bits per heavy atom. The number of esters is 4. The summed E-state index contributed by atoms with van der Waals surface area (Å²) in [6.07, 6.45) is -5.59. The van der Waals surface area contributed by atoms with Gasteiger partial charge in [0.05, 0.1) is 4.92 Å². The summed E-state index contributed by atoms with van der Waals surface area (Å²) in [5, 5.41) is 13.4. The van der Waals surface area contributed by atoms with Crippen LogP contribution in [0, 0.1) is 10.1 Å². The third-order valence-electron chi connectivity index (χ3n) is 4.62. The molecule has 1 fully saturated rings. The molecule has 1 aliphatic heterocycles. The number of nitro benzene ring substituents is 1. The molecule has 35 heavy (non-hydrogen) atoms. The number of carbonyl (C=O) groups excluding carboxylic acids is 5. The number of rotatable bonds is 8. The van der Waals surface area contributed by atoms with Crippen LogP contribution in [0.15, 0.2) is 24.3 Å². The van der Waals surface area contributed by atoms with Crippen molar-refractivity contribution in [1.82, 2.24) is 5.32 Å². The second-order valence-corrected chi connectivity index (χ2v) is 7.41. The minimum Gasteiger partial charge on any atom is -0.463 e. The Morgan fingerprint density at radius 3 is 1.91 bits per heavy atom. The zero-order valence-corrected chi connectivity index (χ0v) is 19.2. The van der Waals surface area contributed by atoms with E-state index >= 15 is 0 Å². The zero-order valence-electron chi connectivity index (χ0n) is 19.2. The van der Waals surface area contributed by atoms with Crippen molar-refractivity contribution >= 4 is 35.5 Å². The SMILES string of the molecule is CC(=O)OC[C@H]1OC(OC(C)=O)[C@H](NC(=O)c2ccc([N+](=O)[O-])cc2)[C@@H](OC(C)=O)[C@H]1OC(C)=O. The molecule has 1 aromatic rings. The van der Waals surface area contributed by atoms with Gasteiger partial charge in [-0.15, -0.1) is 0 Å². The fourth-order valence-electron chi connectivity index (χ4n) is 3.29. The lowest BCUT2D eigenvalue weighted by Crippen LogP contribution is -2.67. The number of nitrogens with one attached hydrogen (secondary N) is 1. The predicted molar refractivity (Wildman–Crippen MR) is 113 cm³/mol. The standard InChI is InChI=1S/C21H24N2O12/c1-10(24)31-9-16-18(32-11(2)25)19(33-12(3)26)17(21(35-16)34-13(4)27)22-20(28)14-5-7-15(8-6-14)23(29)30/h5-8,16-19,21H,9H2,1-4H3,(H,22,28)/t16-,17-,18+,19-,21?/m1/s1. The summed E-state index contributed by atoms with van der Waals surface area (Å²) in [7, 11) is 0. The van der Waals surface area contributed by atoms with E-state index in [1.807, 2.05) is 0 Å². The molecule has 1 aromatic carbocycles. The summed E-state index contributed by atoms with van der Waals surface area (Å²) >= 11 is 0. The number of nitro groups is 1. The van der Waals surface area contributed by atoms with Gasteiger partial charge in [0.1, 0.15) is 18.8 Å². The van der Waals surface area contributed by atoms with Crippen LogP contribution in [0.2, 0.25) is 0 Å². The molecule has 1 heterocycles. The van der Waals surface area contributed by atoms with E-state index in [4.69, 9.17) is 23.7 Å². The van der Waals surface area contributed by atoms with Crippen molar-refractivity contribution < 1.29 is 52.6 Å². The molecule has 1 N–H and O–H groups in total. The maximum absolute atomic E-state index is 12.9. The molecule has 14 nitrogen and oxygen atoms in total. The molecule has 14 heteroatoms. The Labute approximate surface area is 198 Å². The second kappa shape index (κ2) is 11.9. The van der Waals surface area contributed by atoms with E-state index in [1.54, 1.807) is 0 Å². The Morgan fingerprint density at radius 1 is 0.886 bits per heavy atom. The van der Waals surface area contributed by atoms with Gasteiger partial charge in [0.2, 0.25) is 6.29 Å². The molecule has 1 amide bonds.